The highest BCUT2D eigenvalue weighted by Crippen LogP contribution is 2.32. The lowest BCUT2D eigenvalue weighted by Crippen LogP contribution is -2.50. The van der Waals surface area contributed by atoms with Gasteiger partial charge in [-0.25, -0.2) is 0 Å². The van der Waals surface area contributed by atoms with Crippen molar-refractivity contribution in [2.45, 2.75) is 13.1 Å². The Bertz CT molecular complexity index is 941. The number of rotatable bonds is 7. The van der Waals surface area contributed by atoms with Gasteiger partial charge in [0, 0.05) is 32.8 Å². The highest BCUT2D eigenvalue weighted by molar-refractivity contribution is 5.98. The van der Waals surface area contributed by atoms with Gasteiger partial charge in [0.15, 0.2) is 0 Å². The molecule has 0 aliphatic carbocycles. The maximum absolute atomic E-state index is 13.3. The van der Waals surface area contributed by atoms with Crippen molar-refractivity contribution in [3.05, 3.63) is 65.2 Å². The molecule has 0 spiro atoms. The van der Waals surface area contributed by atoms with E-state index in [-0.39, 0.29) is 37.6 Å². The van der Waals surface area contributed by atoms with Crippen molar-refractivity contribution >= 4 is 11.8 Å². The van der Waals surface area contributed by atoms with Crippen LogP contribution in [0, 0.1) is 0 Å². The number of carbonyl (C=O) groups excluding carboxylic acids is 2. The Kier molecular flexibility index (Phi) is 7.74. The third-order valence-corrected chi connectivity index (χ3v) is 5.12. The number of hydrogen-bond acceptors (Lipinski definition) is 4. The number of halogens is 3. The van der Waals surface area contributed by atoms with Gasteiger partial charge in [-0.05, 0) is 31.2 Å². The van der Waals surface area contributed by atoms with Crippen LogP contribution in [0.15, 0.2) is 48.5 Å². The van der Waals surface area contributed by atoms with Gasteiger partial charge in [-0.3, -0.25) is 9.59 Å². The average molecular weight is 450 g/mol. The molecule has 1 saturated heterocycles. The maximum atomic E-state index is 13.3. The molecule has 32 heavy (non-hydrogen) atoms. The van der Waals surface area contributed by atoms with Gasteiger partial charge in [-0.15, -0.1) is 0 Å². The van der Waals surface area contributed by atoms with Crippen LogP contribution in [0.3, 0.4) is 0 Å². The summed E-state index contributed by atoms with van der Waals surface area (Å²) in [7, 11) is 0. The van der Waals surface area contributed by atoms with E-state index in [1.165, 1.54) is 23.1 Å². The van der Waals surface area contributed by atoms with E-state index in [1.807, 2.05) is 6.92 Å². The highest BCUT2D eigenvalue weighted by atomic mass is 19.4. The Labute approximate surface area is 184 Å². The minimum absolute atomic E-state index is 0.143. The Morgan fingerprint density at radius 1 is 0.844 bits per heavy atom. The van der Waals surface area contributed by atoms with Gasteiger partial charge in [-0.1, -0.05) is 24.3 Å². The smallest absolute Gasteiger partial charge is 0.417 e. The second-order valence-corrected chi connectivity index (χ2v) is 7.17. The molecule has 172 valence electrons. The normalized spacial score (nSPS) is 14.4. The van der Waals surface area contributed by atoms with E-state index >= 15 is 0 Å². The number of amides is 2. The van der Waals surface area contributed by atoms with Gasteiger partial charge < -0.3 is 19.3 Å². The van der Waals surface area contributed by atoms with Crippen LogP contribution in [0.1, 0.15) is 33.2 Å². The summed E-state index contributed by atoms with van der Waals surface area (Å²) in [5.41, 5.74) is -0.944. The Morgan fingerprint density at radius 3 is 1.97 bits per heavy atom. The molecule has 2 amide bonds. The molecule has 0 aromatic heterocycles. The van der Waals surface area contributed by atoms with E-state index < -0.39 is 17.6 Å². The number of hydrogen-bond donors (Lipinski definition) is 0. The molecule has 0 radical (unpaired) electrons. The summed E-state index contributed by atoms with van der Waals surface area (Å²) in [6.45, 7) is 3.87. The van der Waals surface area contributed by atoms with E-state index in [4.69, 9.17) is 9.47 Å². The molecule has 2 aromatic carbocycles. The molecule has 0 unspecified atom stereocenters. The van der Waals surface area contributed by atoms with Crippen molar-refractivity contribution in [1.82, 2.24) is 9.80 Å². The number of ether oxygens (including phenoxy) is 2. The third-order valence-electron chi connectivity index (χ3n) is 5.12. The van der Waals surface area contributed by atoms with Crippen LogP contribution in [0.2, 0.25) is 0 Å². The molecule has 1 aliphatic heterocycles. The van der Waals surface area contributed by atoms with Crippen LogP contribution in [-0.2, 0) is 10.9 Å². The van der Waals surface area contributed by atoms with Crippen LogP contribution in [0.4, 0.5) is 13.2 Å². The van der Waals surface area contributed by atoms with E-state index in [2.05, 4.69) is 0 Å². The van der Waals surface area contributed by atoms with E-state index in [9.17, 15) is 22.8 Å². The summed E-state index contributed by atoms with van der Waals surface area (Å²) in [5.74, 6) is -0.501. The Balaban J connectivity index is 1.64. The number of alkyl halides is 3. The fourth-order valence-corrected chi connectivity index (χ4v) is 3.49. The van der Waals surface area contributed by atoms with E-state index in [0.29, 0.717) is 31.1 Å². The van der Waals surface area contributed by atoms with Crippen molar-refractivity contribution in [3.63, 3.8) is 0 Å². The minimum Gasteiger partial charge on any atom is -0.490 e. The molecule has 9 heteroatoms. The summed E-state index contributed by atoms with van der Waals surface area (Å²) in [5, 5.41) is 0. The molecular weight excluding hydrogens is 425 g/mol. The number of piperazine rings is 1. The molecule has 0 atom stereocenters. The predicted octanol–water partition coefficient (Wildman–Crippen LogP) is 3.72. The molecule has 2 aromatic rings. The van der Waals surface area contributed by atoms with Crippen LogP contribution in [0.5, 0.6) is 5.75 Å². The zero-order valence-electron chi connectivity index (χ0n) is 17.7. The molecule has 1 fully saturated rings. The first kappa shape index (κ1) is 23.6. The van der Waals surface area contributed by atoms with Crippen molar-refractivity contribution in [1.29, 1.82) is 0 Å². The lowest BCUT2D eigenvalue weighted by Gasteiger charge is -2.35. The minimum atomic E-state index is -4.62. The highest BCUT2D eigenvalue weighted by Gasteiger charge is 2.36. The van der Waals surface area contributed by atoms with Gasteiger partial charge >= 0.3 is 6.18 Å². The van der Waals surface area contributed by atoms with Crippen LogP contribution < -0.4 is 4.74 Å². The topological polar surface area (TPSA) is 59.1 Å². The zero-order chi connectivity index (χ0) is 23.1. The SMILES string of the molecule is CCOCCOc1ccccc1C(=O)N1CCN(C(=O)c2ccccc2C(F)(F)F)CC1. The molecule has 0 saturated carbocycles. The first-order valence-corrected chi connectivity index (χ1v) is 10.4. The van der Waals surface area contributed by atoms with Gasteiger partial charge in [0.2, 0.25) is 0 Å². The Morgan fingerprint density at radius 2 is 1.38 bits per heavy atom. The molecule has 1 aliphatic rings. The summed E-state index contributed by atoms with van der Waals surface area (Å²) >= 11 is 0. The van der Waals surface area contributed by atoms with Crippen molar-refractivity contribution in [3.8, 4) is 5.75 Å². The number of para-hydroxylation sites is 1. The predicted molar refractivity (Wildman–Crippen MR) is 112 cm³/mol. The van der Waals surface area contributed by atoms with Gasteiger partial charge in [0.1, 0.15) is 12.4 Å². The summed E-state index contributed by atoms with van der Waals surface area (Å²) in [4.78, 5) is 28.7. The zero-order valence-corrected chi connectivity index (χ0v) is 17.7. The van der Waals surface area contributed by atoms with Crippen LogP contribution >= 0.6 is 0 Å². The van der Waals surface area contributed by atoms with Crippen molar-refractivity contribution in [2.75, 3.05) is 46.0 Å². The lowest BCUT2D eigenvalue weighted by molar-refractivity contribution is -0.138. The molecular formula is C23H25F3N2O4. The second kappa shape index (κ2) is 10.5. The van der Waals surface area contributed by atoms with Crippen molar-refractivity contribution < 1.29 is 32.2 Å². The van der Waals surface area contributed by atoms with Crippen molar-refractivity contribution in [2.24, 2.45) is 0 Å². The summed E-state index contributed by atoms with van der Waals surface area (Å²) in [6.07, 6.45) is -4.62. The van der Waals surface area contributed by atoms with Crippen LogP contribution in [0.25, 0.3) is 0 Å². The van der Waals surface area contributed by atoms with Crippen LogP contribution in [-0.4, -0.2) is 67.6 Å². The fraction of sp³-hybridized carbons (Fsp3) is 0.391. The number of carbonyl (C=O) groups is 2. The molecule has 3 rings (SSSR count). The number of nitrogens with zero attached hydrogens (tertiary/aromatic N) is 2. The summed E-state index contributed by atoms with van der Waals surface area (Å²) < 4.78 is 50.7. The second-order valence-electron chi connectivity index (χ2n) is 7.17. The largest absolute Gasteiger partial charge is 0.490 e. The molecule has 6 nitrogen and oxygen atoms in total. The van der Waals surface area contributed by atoms with E-state index in [0.717, 1.165) is 6.07 Å². The molecule has 0 N–H and O–H groups in total. The van der Waals surface area contributed by atoms with Gasteiger partial charge in [0.25, 0.3) is 11.8 Å². The fourth-order valence-electron chi connectivity index (χ4n) is 3.49. The standard InChI is InChI=1S/C23H25F3N2O4/c1-2-31-15-16-32-20-10-6-4-8-18(20)22(30)28-13-11-27(12-14-28)21(29)17-7-3-5-9-19(17)23(24,25)26/h3-10H,2,11-16H2,1H3. The molecule has 1 heterocycles. The Hall–Kier alpha value is -3.07. The van der Waals surface area contributed by atoms with E-state index in [1.54, 1.807) is 29.2 Å². The third kappa shape index (κ3) is 5.59. The first-order valence-electron chi connectivity index (χ1n) is 10.4. The van der Waals surface area contributed by atoms with Gasteiger partial charge in [-0.2, -0.15) is 13.2 Å². The number of benzene rings is 2. The van der Waals surface area contributed by atoms with Gasteiger partial charge in [0.05, 0.1) is 23.3 Å². The maximum Gasteiger partial charge on any atom is 0.417 e. The average Bonchev–Trinajstić information content (AvgIpc) is 2.81. The quantitative estimate of drug-likeness (QED) is 0.604. The molecule has 0 bridgehead atoms. The summed E-state index contributed by atoms with van der Waals surface area (Å²) in [6, 6.07) is 11.6. The monoisotopic (exact) mass is 450 g/mol. The lowest BCUT2D eigenvalue weighted by atomic mass is 10.1. The first-order chi connectivity index (χ1) is 15.3.